The molecule has 0 aromatic rings. The van der Waals surface area contributed by atoms with Crippen LogP contribution in [0.1, 0.15) is 19.3 Å². The predicted octanol–water partition coefficient (Wildman–Crippen LogP) is 0.481. The number of amides is 1. The number of nitrogens with one attached hydrogen (secondary N) is 1. The lowest BCUT2D eigenvalue weighted by molar-refractivity contribution is -0.134. The van der Waals surface area contributed by atoms with Gasteiger partial charge in [-0.15, -0.1) is 0 Å². The van der Waals surface area contributed by atoms with Crippen LogP contribution < -0.4 is 5.32 Å². The summed E-state index contributed by atoms with van der Waals surface area (Å²) in [5, 5.41) is 3.27. The van der Waals surface area contributed by atoms with E-state index in [0.29, 0.717) is 0 Å². The van der Waals surface area contributed by atoms with Crippen LogP contribution in [0, 0.1) is 5.92 Å². The summed E-state index contributed by atoms with van der Waals surface area (Å²) >= 11 is 0. The average Bonchev–Trinajstić information content (AvgIpc) is 2.29. The van der Waals surface area contributed by atoms with E-state index in [9.17, 15) is 4.79 Å². The maximum absolute atomic E-state index is 11.9. The number of hydrogen-bond donors (Lipinski definition) is 1. The fraction of sp³-hybridized carbons (Fsp3) is 0.909. The van der Waals surface area contributed by atoms with Crippen molar-refractivity contribution in [2.24, 2.45) is 5.92 Å². The van der Waals surface area contributed by atoms with Crippen LogP contribution in [-0.4, -0.2) is 51.2 Å². The van der Waals surface area contributed by atoms with Gasteiger partial charge in [0.15, 0.2) is 0 Å². The standard InChI is InChI=1S/C11H22N2O2/c1-13(7-4-8-15-2)11(14)10-5-3-6-12-9-10/h10,12H,3-9H2,1-2H3. The van der Waals surface area contributed by atoms with Crippen molar-refractivity contribution < 1.29 is 9.53 Å². The second kappa shape index (κ2) is 6.80. The van der Waals surface area contributed by atoms with E-state index in [-0.39, 0.29) is 11.8 Å². The minimum atomic E-state index is 0.186. The first-order chi connectivity index (χ1) is 7.25. The maximum Gasteiger partial charge on any atom is 0.226 e. The molecule has 1 aliphatic heterocycles. The zero-order chi connectivity index (χ0) is 11.1. The lowest BCUT2D eigenvalue weighted by Gasteiger charge is -2.26. The minimum absolute atomic E-state index is 0.186. The van der Waals surface area contributed by atoms with Gasteiger partial charge in [-0.2, -0.15) is 0 Å². The van der Waals surface area contributed by atoms with E-state index in [0.717, 1.165) is 45.5 Å². The van der Waals surface area contributed by atoms with Gasteiger partial charge in [0.2, 0.25) is 5.91 Å². The van der Waals surface area contributed by atoms with E-state index >= 15 is 0 Å². The molecule has 1 amide bonds. The van der Waals surface area contributed by atoms with Crippen molar-refractivity contribution >= 4 is 5.91 Å². The number of carbonyl (C=O) groups is 1. The van der Waals surface area contributed by atoms with E-state index in [4.69, 9.17) is 4.74 Å². The molecule has 88 valence electrons. The van der Waals surface area contributed by atoms with Gasteiger partial charge in [-0.25, -0.2) is 0 Å². The quantitative estimate of drug-likeness (QED) is 0.677. The lowest BCUT2D eigenvalue weighted by Crippen LogP contribution is -2.41. The molecule has 15 heavy (non-hydrogen) atoms. The van der Waals surface area contributed by atoms with Gasteiger partial charge in [0, 0.05) is 33.9 Å². The summed E-state index contributed by atoms with van der Waals surface area (Å²) in [6.45, 7) is 3.41. The molecule has 0 radical (unpaired) electrons. The van der Waals surface area contributed by atoms with E-state index in [1.54, 1.807) is 7.11 Å². The van der Waals surface area contributed by atoms with Crippen molar-refractivity contribution in [3.63, 3.8) is 0 Å². The number of carbonyl (C=O) groups excluding carboxylic acids is 1. The first kappa shape index (κ1) is 12.5. The molecule has 1 heterocycles. The molecule has 0 spiro atoms. The highest BCUT2D eigenvalue weighted by molar-refractivity contribution is 5.78. The van der Waals surface area contributed by atoms with Crippen LogP contribution >= 0.6 is 0 Å². The van der Waals surface area contributed by atoms with E-state index < -0.39 is 0 Å². The SMILES string of the molecule is COCCCN(C)C(=O)C1CCCNC1. The molecular weight excluding hydrogens is 192 g/mol. The Morgan fingerprint density at radius 3 is 3.00 bits per heavy atom. The van der Waals surface area contributed by atoms with Gasteiger partial charge in [-0.1, -0.05) is 0 Å². The number of methoxy groups -OCH3 is 1. The second-order valence-electron chi connectivity index (χ2n) is 4.15. The fourth-order valence-electron chi connectivity index (χ4n) is 1.93. The molecule has 1 saturated heterocycles. The third-order valence-electron chi connectivity index (χ3n) is 2.86. The Morgan fingerprint density at radius 1 is 1.60 bits per heavy atom. The van der Waals surface area contributed by atoms with Crippen LogP contribution in [-0.2, 0) is 9.53 Å². The molecule has 1 atom stereocenters. The Bertz CT molecular complexity index is 191. The Hall–Kier alpha value is -0.610. The summed E-state index contributed by atoms with van der Waals surface area (Å²) in [6, 6.07) is 0. The molecule has 1 aliphatic rings. The van der Waals surface area contributed by atoms with Crippen LogP contribution in [0.25, 0.3) is 0 Å². The molecule has 1 N–H and O–H groups in total. The topological polar surface area (TPSA) is 41.6 Å². The average molecular weight is 214 g/mol. The Kier molecular flexibility index (Phi) is 5.65. The summed E-state index contributed by atoms with van der Waals surface area (Å²) in [5.41, 5.74) is 0. The van der Waals surface area contributed by atoms with Gasteiger partial charge >= 0.3 is 0 Å². The number of nitrogens with zero attached hydrogens (tertiary/aromatic N) is 1. The monoisotopic (exact) mass is 214 g/mol. The van der Waals surface area contributed by atoms with Crippen LogP contribution in [0.4, 0.5) is 0 Å². The van der Waals surface area contributed by atoms with Gasteiger partial charge < -0.3 is 15.0 Å². The van der Waals surface area contributed by atoms with Crippen molar-refractivity contribution in [3.05, 3.63) is 0 Å². The van der Waals surface area contributed by atoms with E-state index in [1.807, 2.05) is 11.9 Å². The van der Waals surface area contributed by atoms with Crippen molar-refractivity contribution in [3.8, 4) is 0 Å². The molecule has 4 heteroatoms. The van der Waals surface area contributed by atoms with Crippen LogP contribution in [0.15, 0.2) is 0 Å². The lowest BCUT2D eigenvalue weighted by atomic mass is 9.98. The minimum Gasteiger partial charge on any atom is -0.385 e. The van der Waals surface area contributed by atoms with E-state index in [1.165, 1.54) is 0 Å². The van der Waals surface area contributed by atoms with E-state index in [2.05, 4.69) is 5.32 Å². The summed E-state index contributed by atoms with van der Waals surface area (Å²) < 4.78 is 4.97. The smallest absolute Gasteiger partial charge is 0.226 e. The van der Waals surface area contributed by atoms with Crippen LogP contribution in [0.2, 0.25) is 0 Å². The highest BCUT2D eigenvalue weighted by Gasteiger charge is 2.23. The number of piperidine rings is 1. The summed E-state index contributed by atoms with van der Waals surface area (Å²) in [4.78, 5) is 13.8. The van der Waals surface area contributed by atoms with Crippen molar-refractivity contribution in [2.75, 3.05) is 40.4 Å². The van der Waals surface area contributed by atoms with Crippen LogP contribution in [0.3, 0.4) is 0 Å². The highest BCUT2D eigenvalue weighted by atomic mass is 16.5. The molecule has 1 fully saturated rings. The molecule has 0 saturated carbocycles. The van der Waals surface area contributed by atoms with Crippen molar-refractivity contribution in [1.29, 1.82) is 0 Å². The molecule has 0 aromatic carbocycles. The molecule has 0 bridgehead atoms. The Balaban J connectivity index is 2.24. The fourth-order valence-corrected chi connectivity index (χ4v) is 1.93. The molecule has 1 rings (SSSR count). The summed E-state index contributed by atoms with van der Waals surface area (Å²) in [6.07, 6.45) is 3.06. The van der Waals surface area contributed by atoms with Gasteiger partial charge in [0.05, 0.1) is 5.92 Å². The molecule has 0 aromatic heterocycles. The van der Waals surface area contributed by atoms with Crippen molar-refractivity contribution in [2.45, 2.75) is 19.3 Å². The van der Waals surface area contributed by atoms with Gasteiger partial charge in [-0.3, -0.25) is 4.79 Å². The zero-order valence-electron chi connectivity index (χ0n) is 9.79. The summed E-state index contributed by atoms with van der Waals surface area (Å²) in [7, 11) is 3.57. The zero-order valence-corrected chi connectivity index (χ0v) is 9.79. The maximum atomic E-state index is 11.9. The molecule has 0 aliphatic carbocycles. The van der Waals surface area contributed by atoms with Crippen LogP contribution in [0.5, 0.6) is 0 Å². The van der Waals surface area contributed by atoms with Crippen molar-refractivity contribution in [1.82, 2.24) is 10.2 Å². The first-order valence-electron chi connectivity index (χ1n) is 5.70. The van der Waals surface area contributed by atoms with Gasteiger partial charge in [0.1, 0.15) is 0 Å². The Morgan fingerprint density at radius 2 is 2.40 bits per heavy atom. The number of rotatable bonds is 5. The summed E-state index contributed by atoms with van der Waals surface area (Å²) in [5.74, 6) is 0.463. The normalized spacial score (nSPS) is 21.3. The highest BCUT2D eigenvalue weighted by Crippen LogP contribution is 2.12. The van der Waals surface area contributed by atoms with Gasteiger partial charge in [0.25, 0.3) is 0 Å². The molecular formula is C11H22N2O2. The third-order valence-corrected chi connectivity index (χ3v) is 2.86. The molecule has 1 unspecified atom stereocenters. The Labute approximate surface area is 92.0 Å². The largest absolute Gasteiger partial charge is 0.385 e. The second-order valence-corrected chi connectivity index (χ2v) is 4.15. The third kappa shape index (κ3) is 4.18. The predicted molar refractivity (Wildman–Crippen MR) is 59.7 cm³/mol. The number of hydrogen-bond acceptors (Lipinski definition) is 3. The molecule has 4 nitrogen and oxygen atoms in total. The number of ether oxygens (including phenoxy) is 1. The first-order valence-corrected chi connectivity index (χ1v) is 5.70. The van der Waals surface area contributed by atoms with Gasteiger partial charge in [-0.05, 0) is 25.8 Å².